The van der Waals surface area contributed by atoms with Crippen LogP contribution in [0.15, 0.2) is 24.3 Å². The van der Waals surface area contributed by atoms with Gasteiger partial charge in [-0.1, -0.05) is 12.1 Å². The van der Waals surface area contributed by atoms with Crippen molar-refractivity contribution in [1.29, 1.82) is 0 Å². The van der Waals surface area contributed by atoms with Gasteiger partial charge in [-0.2, -0.15) is 0 Å². The highest BCUT2D eigenvalue weighted by molar-refractivity contribution is 5.86. The van der Waals surface area contributed by atoms with Gasteiger partial charge < -0.3 is 20.0 Å². The molecule has 5 nitrogen and oxygen atoms in total. The fraction of sp³-hybridized carbons (Fsp3) is 0.200. The lowest BCUT2D eigenvalue weighted by Crippen LogP contribution is -2.22. The van der Waals surface area contributed by atoms with E-state index < -0.39 is 5.97 Å². The number of anilines is 1. The first-order chi connectivity index (χ1) is 7.13. The Bertz CT molecular complexity index is 358. The Hall–Kier alpha value is -2.04. The summed E-state index contributed by atoms with van der Waals surface area (Å²) in [4.78, 5) is 21.2. The average molecular weight is 208 g/mol. The van der Waals surface area contributed by atoms with E-state index in [1.165, 1.54) is 19.2 Å². The monoisotopic (exact) mass is 208 g/mol. The second-order valence-corrected chi connectivity index (χ2v) is 2.79. The van der Waals surface area contributed by atoms with Crippen LogP contribution in [0.4, 0.5) is 5.69 Å². The number of carboxylic acid groups (broad SMARTS) is 1. The van der Waals surface area contributed by atoms with Crippen molar-refractivity contribution in [2.45, 2.75) is 0 Å². The van der Waals surface area contributed by atoms with Crippen LogP contribution in [0.3, 0.4) is 0 Å². The zero-order chi connectivity index (χ0) is 11.3. The molecule has 1 aromatic rings. The fourth-order valence-corrected chi connectivity index (χ4v) is 0.971. The van der Waals surface area contributed by atoms with Crippen LogP contribution in [-0.4, -0.2) is 25.6 Å². The number of carboxylic acids is 1. The van der Waals surface area contributed by atoms with E-state index in [2.05, 4.69) is 10.1 Å². The third-order valence-electron chi connectivity index (χ3n) is 1.79. The number of rotatable bonds is 4. The summed E-state index contributed by atoms with van der Waals surface area (Å²) in [5, 5.41) is 13.2. The molecule has 0 saturated carbocycles. The highest BCUT2D eigenvalue weighted by Crippen LogP contribution is 2.08. The van der Waals surface area contributed by atoms with Crippen molar-refractivity contribution >= 4 is 17.6 Å². The Morgan fingerprint density at radius 3 is 2.40 bits per heavy atom. The Balaban J connectivity index is 2.57. The predicted octanol–water partition coefficient (Wildman–Crippen LogP) is -0.365. The van der Waals surface area contributed by atoms with Crippen molar-refractivity contribution in [3.05, 3.63) is 29.8 Å². The molecule has 0 bridgehead atoms. The number of nitrogens with one attached hydrogen (secondary N) is 1. The summed E-state index contributed by atoms with van der Waals surface area (Å²) >= 11 is 0. The smallest absolute Gasteiger partial charge is 0.325 e. The average Bonchev–Trinajstić information content (AvgIpc) is 2.26. The minimum atomic E-state index is -1.23. The summed E-state index contributed by atoms with van der Waals surface area (Å²) in [5.41, 5.74) is 0.740. The Morgan fingerprint density at radius 2 is 1.93 bits per heavy atom. The van der Waals surface area contributed by atoms with Crippen molar-refractivity contribution in [2.75, 3.05) is 19.0 Å². The molecule has 0 unspecified atom stereocenters. The molecule has 0 atom stereocenters. The highest BCUT2D eigenvalue weighted by atomic mass is 16.5. The Morgan fingerprint density at radius 1 is 1.33 bits per heavy atom. The van der Waals surface area contributed by atoms with Gasteiger partial charge in [0.05, 0.1) is 13.1 Å². The highest BCUT2D eigenvalue weighted by Gasteiger charge is 1.99. The Kier molecular flexibility index (Phi) is 3.68. The molecule has 1 aromatic carbocycles. The number of ether oxygens (including phenoxy) is 1. The van der Waals surface area contributed by atoms with Gasteiger partial charge in [-0.25, -0.2) is 0 Å². The first kappa shape index (κ1) is 11.0. The summed E-state index contributed by atoms with van der Waals surface area (Å²) in [6, 6.07) is 5.89. The van der Waals surface area contributed by atoms with E-state index in [1.54, 1.807) is 12.1 Å². The van der Waals surface area contributed by atoms with Crippen LogP contribution in [0.5, 0.6) is 0 Å². The van der Waals surface area contributed by atoms with E-state index in [9.17, 15) is 14.7 Å². The molecule has 0 aliphatic heterocycles. The number of methoxy groups -OCH3 is 1. The van der Waals surface area contributed by atoms with E-state index in [4.69, 9.17) is 0 Å². The van der Waals surface area contributed by atoms with Gasteiger partial charge in [0.25, 0.3) is 0 Å². The largest absolute Gasteiger partial charge is 0.545 e. The molecule has 0 heterocycles. The molecule has 0 saturated heterocycles. The van der Waals surface area contributed by atoms with Gasteiger partial charge in [-0.05, 0) is 17.7 Å². The van der Waals surface area contributed by atoms with Crippen molar-refractivity contribution in [2.24, 2.45) is 0 Å². The molecule has 0 amide bonds. The first-order valence-corrected chi connectivity index (χ1v) is 4.25. The molecule has 0 radical (unpaired) electrons. The zero-order valence-electron chi connectivity index (χ0n) is 8.15. The number of benzene rings is 1. The van der Waals surface area contributed by atoms with Crippen LogP contribution >= 0.6 is 0 Å². The van der Waals surface area contributed by atoms with Crippen LogP contribution in [0, 0.1) is 0 Å². The second kappa shape index (κ2) is 4.99. The van der Waals surface area contributed by atoms with Crippen molar-refractivity contribution in [3.63, 3.8) is 0 Å². The number of hydrogen-bond acceptors (Lipinski definition) is 5. The molecule has 0 fully saturated rings. The second-order valence-electron chi connectivity index (χ2n) is 2.79. The van der Waals surface area contributed by atoms with Gasteiger partial charge in [0, 0.05) is 5.69 Å². The summed E-state index contributed by atoms with van der Waals surface area (Å²) in [6.07, 6.45) is 0. The van der Waals surface area contributed by atoms with Gasteiger partial charge in [-0.3, -0.25) is 4.79 Å². The van der Waals surface area contributed by atoms with Crippen LogP contribution in [0.2, 0.25) is 0 Å². The topological polar surface area (TPSA) is 78.5 Å². The molecule has 0 aliphatic rings. The lowest BCUT2D eigenvalue weighted by Gasteiger charge is -2.06. The van der Waals surface area contributed by atoms with Crippen LogP contribution in [0.25, 0.3) is 0 Å². The molecule has 0 spiro atoms. The zero-order valence-corrected chi connectivity index (χ0v) is 8.15. The third kappa shape index (κ3) is 3.30. The van der Waals surface area contributed by atoms with E-state index in [-0.39, 0.29) is 18.1 Å². The SMILES string of the molecule is COC(=O)CNc1ccc(C(=O)[O-])cc1. The normalized spacial score (nSPS) is 9.40. The van der Waals surface area contributed by atoms with Gasteiger partial charge in [0.1, 0.15) is 6.54 Å². The number of aromatic carboxylic acids is 1. The minimum Gasteiger partial charge on any atom is -0.545 e. The standard InChI is InChI=1S/C10H11NO4/c1-15-9(12)6-11-8-4-2-7(3-5-8)10(13)14/h2-5,11H,6H2,1H3,(H,13,14)/p-1. The van der Waals surface area contributed by atoms with Crippen molar-refractivity contribution in [1.82, 2.24) is 0 Å². The van der Waals surface area contributed by atoms with E-state index >= 15 is 0 Å². The molecule has 1 N–H and O–H groups in total. The van der Waals surface area contributed by atoms with E-state index in [0.717, 1.165) is 0 Å². The molecule has 15 heavy (non-hydrogen) atoms. The lowest BCUT2D eigenvalue weighted by molar-refractivity contribution is -0.255. The van der Waals surface area contributed by atoms with Gasteiger partial charge >= 0.3 is 5.97 Å². The molecular weight excluding hydrogens is 198 g/mol. The number of carbonyl (C=O) groups excluding carboxylic acids is 2. The molecule has 0 aromatic heterocycles. The molecule has 0 aliphatic carbocycles. The fourth-order valence-electron chi connectivity index (χ4n) is 0.971. The summed E-state index contributed by atoms with van der Waals surface area (Å²) in [5.74, 6) is -1.62. The maximum Gasteiger partial charge on any atom is 0.325 e. The van der Waals surface area contributed by atoms with Crippen LogP contribution < -0.4 is 10.4 Å². The van der Waals surface area contributed by atoms with E-state index in [1.807, 2.05) is 0 Å². The molecular formula is C10H10NO4-. The maximum absolute atomic E-state index is 10.8. The van der Waals surface area contributed by atoms with Crippen molar-refractivity contribution < 1.29 is 19.4 Å². The summed E-state index contributed by atoms with van der Waals surface area (Å²) < 4.78 is 4.43. The van der Waals surface area contributed by atoms with Gasteiger partial charge in [0.15, 0.2) is 0 Å². The van der Waals surface area contributed by atoms with Crippen LogP contribution in [0.1, 0.15) is 10.4 Å². The molecule has 1 rings (SSSR count). The maximum atomic E-state index is 10.8. The summed E-state index contributed by atoms with van der Waals surface area (Å²) in [6.45, 7) is 0.0428. The molecule has 80 valence electrons. The summed E-state index contributed by atoms with van der Waals surface area (Å²) in [7, 11) is 1.29. The molecule has 5 heteroatoms. The van der Waals surface area contributed by atoms with Gasteiger partial charge in [-0.15, -0.1) is 0 Å². The van der Waals surface area contributed by atoms with Crippen LogP contribution in [-0.2, 0) is 9.53 Å². The first-order valence-electron chi connectivity index (χ1n) is 4.25. The lowest BCUT2D eigenvalue weighted by atomic mass is 10.2. The number of esters is 1. The Labute approximate surface area is 86.7 Å². The van der Waals surface area contributed by atoms with E-state index in [0.29, 0.717) is 5.69 Å². The third-order valence-corrected chi connectivity index (χ3v) is 1.79. The number of carbonyl (C=O) groups is 2. The minimum absolute atomic E-state index is 0.0428. The predicted molar refractivity (Wildman–Crippen MR) is 51.3 cm³/mol. The van der Waals surface area contributed by atoms with Crippen molar-refractivity contribution in [3.8, 4) is 0 Å². The quantitative estimate of drug-likeness (QED) is 0.683. The van der Waals surface area contributed by atoms with Gasteiger partial charge in [0.2, 0.25) is 0 Å². The number of hydrogen-bond donors (Lipinski definition) is 1.